The Balaban J connectivity index is 2.19. The summed E-state index contributed by atoms with van der Waals surface area (Å²) in [7, 11) is 0. The number of hydrogen-bond donors (Lipinski definition) is 0. The van der Waals surface area contributed by atoms with Gasteiger partial charge in [0.15, 0.2) is 5.69 Å². The van der Waals surface area contributed by atoms with Gasteiger partial charge in [0.25, 0.3) is 5.19 Å². The van der Waals surface area contributed by atoms with E-state index in [-0.39, 0.29) is 10.9 Å². The van der Waals surface area contributed by atoms with Crippen molar-refractivity contribution in [3.8, 4) is 10.9 Å². The first-order chi connectivity index (χ1) is 8.36. The highest BCUT2D eigenvalue weighted by atomic mass is 32.1. The van der Waals surface area contributed by atoms with Gasteiger partial charge in [-0.15, -0.1) is 0 Å². The summed E-state index contributed by atoms with van der Waals surface area (Å²) < 4.78 is 55.1. The zero-order chi connectivity index (χ0) is 13.3. The molecule has 96 valence electrons. The average Bonchev–Trinajstić information content (AvgIpc) is 2.72. The van der Waals surface area contributed by atoms with Crippen molar-refractivity contribution in [3.05, 3.63) is 40.7 Å². The van der Waals surface area contributed by atoms with Gasteiger partial charge in [-0.25, -0.2) is 4.39 Å². The Morgan fingerprint density at radius 3 is 2.56 bits per heavy atom. The number of nitrogens with zero attached hydrogens (tertiary/aromatic N) is 1. The number of ether oxygens (including phenoxy) is 1. The molecule has 1 aromatic heterocycles. The molecule has 18 heavy (non-hydrogen) atoms. The first-order valence-corrected chi connectivity index (χ1v) is 5.71. The summed E-state index contributed by atoms with van der Waals surface area (Å²) in [6, 6.07) is 4.04. The zero-order valence-corrected chi connectivity index (χ0v) is 9.90. The van der Waals surface area contributed by atoms with Crippen molar-refractivity contribution in [2.24, 2.45) is 0 Å². The second kappa shape index (κ2) is 4.56. The van der Waals surface area contributed by atoms with E-state index in [1.165, 1.54) is 12.1 Å². The molecule has 0 amide bonds. The Morgan fingerprint density at radius 2 is 2.00 bits per heavy atom. The van der Waals surface area contributed by atoms with E-state index in [9.17, 15) is 17.6 Å². The molecule has 0 radical (unpaired) electrons. The van der Waals surface area contributed by atoms with Gasteiger partial charge in [0.05, 0.1) is 0 Å². The SMILES string of the molecule is Cc1ccc(Oc2nc(C(F)(F)F)cs2)cc1F. The molecule has 0 N–H and O–H groups in total. The van der Waals surface area contributed by atoms with Crippen molar-refractivity contribution in [2.75, 3.05) is 0 Å². The van der Waals surface area contributed by atoms with E-state index in [0.29, 0.717) is 16.9 Å². The van der Waals surface area contributed by atoms with Crippen molar-refractivity contribution >= 4 is 11.3 Å². The number of benzene rings is 1. The molecule has 0 saturated carbocycles. The average molecular weight is 277 g/mol. The zero-order valence-electron chi connectivity index (χ0n) is 9.08. The van der Waals surface area contributed by atoms with Gasteiger partial charge in [-0.2, -0.15) is 18.2 Å². The molecule has 2 rings (SSSR count). The fraction of sp³-hybridized carbons (Fsp3) is 0.182. The van der Waals surface area contributed by atoms with Crippen LogP contribution in [0.2, 0.25) is 0 Å². The summed E-state index contributed by atoms with van der Waals surface area (Å²) in [5.41, 5.74) is -0.590. The Labute approximate surface area is 104 Å². The quantitative estimate of drug-likeness (QED) is 0.759. The summed E-state index contributed by atoms with van der Waals surface area (Å²) in [5, 5.41) is 0.672. The lowest BCUT2D eigenvalue weighted by Gasteiger charge is -2.03. The summed E-state index contributed by atoms with van der Waals surface area (Å²) in [6.07, 6.45) is -4.50. The molecule has 1 heterocycles. The lowest BCUT2D eigenvalue weighted by Crippen LogP contribution is -2.04. The Hall–Kier alpha value is -1.63. The molecule has 0 aliphatic heterocycles. The van der Waals surface area contributed by atoms with E-state index >= 15 is 0 Å². The number of halogens is 4. The van der Waals surface area contributed by atoms with Crippen LogP contribution in [0.25, 0.3) is 0 Å². The second-order valence-corrected chi connectivity index (χ2v) is 4.33. The van der Waals surface area contributed by atoms with E-state index in [4.69, 9.17) is 4.74 Å². The number of aromatic nitrogens is 1. The number of thiazole rings is 1. The highest BCUT2D eigenvalue weighted by molar-refractivity contribution is 7.11. The molecule has 0 bridgehead atoms. The van der Waals surface area contributed by atoms with Crippen LogP contribution >= 0.6 is 11.3 Å². The van der Waals surface area contributed by atoms with Crippen LogP contribution in [-0.4, -0.2) is 4.98 Å². The van der Waals surface area contributed by atoms with Crippen LogP contribution in [0.4, 0.5) is 17.6 Å². The van der Waals surface area contributed by atoms with Crippen LogP contribution in [0.5, 0.6) is 10.9 Å². The second-order valence-electron chi connectivity index (χ2n) is 3.51. The van der Waals surface area contributed by atoms with E-state index in [1.54, 1.807) is 6.92 Å². The van der Waals surface area contributed by atoms with Gasteiger partial charge < -0.3 is 4.74 Å². The summed E-state index contributed by atoms with van der Waals surface area (Å²) in [6.45, 7) is 1.57. The van der Waals surface area contributed by atoms with Crippen LogP contribution in [0.15, 0.2) is 23.6 Å². The summed E-state index contributed by atoms with van der Waals surface area (Å²) in [4.78, 5) is 3.28. The topological polar surface area (TPSA) is 22.1 Å². The van der Waals surface area contributed by atoms with Crippen molar-refractivity contribution in [3.63, 3.8) is 0 Å². The van der Waals surface area contributed by atoms with Gasteiger partial charge in [0.2, 0.25) is 0 Å². The Kier molecular flexibility index (Phi) is 3.25. The lowest BCUT2D eigenvalue weighted by atomic mass is 10.2. The molecule has 0 saturated heterocycles. The number of rotatable bonds is 2. The minimum atomic E-state index is -4.50. The van der Waals surface area contributed by atoms with Gasteiger partial charge in [-0.05, 0) is 18.6 Å². The van der Waals surface area contributed by atoms with Crippen molar-refractivity contribution in [1.29, 1.82) is 0 Å². The number of hydrogen-bond acceptors (Lipinski definition) is 3. The molecular formula is C11H7F4NOS. The fourth-order valence-corrected chi connectivity index (χ4v) is 1.87. The normalized spacial score (nSPS) is 11.6. The molecule has 7 heteroatoms. The van der Waals surface area contributed by atoms with Gasteiger partial charge in [0.1, 0.15) is 11.6 Å². The summed E-state index contributed by atoms with van der Waals surface area (Å²) in [5.74, 6) is -0.374. The minimum Gasteiger partial charge on any atom is -0.431 e. The molecule has 0 aliphatic rings. The maximum atomic E-state index is 13.2. The molecule has 0 aliphatic carbocycles. The number of alkyl halides is 3. The first kappa shape index (κ1) is 12.8. The Morgan fingerprint density at radius 1 is 1.28 bits per heavy atom. The fourth-order valence-electron chi connectivity index (χ4n) is 1.17. The van der Waals surface area contributed by atoms with Crippen LogP contribution in [-0.2, 0) is 6.18 Å². The third-order valence-electron chi connectivity index (χ3n) is 2.12. The van der Waals surface area contributed by atoms with E-state index in [1.807, 2.05) is 0 Å². The minimum absolute atomic E-state index is 0.112. The molecule has 2 aromatic rings. The van der Waals surface area contributed by atoms with Crippen LogP contribution in [0.1, 0.15) is 11.3 Å². The van der Waals surface area contributed by atoms with E-state index in [2.05, 4.69) is 4.98 Å². The smallest absolute Gasteiger partial charge is 0.431 e. The van der Waals surface area contributed by atoms with Crippen LogP contribution in [0, 0.1) is 12.7 Å². The maximum Gasteiger partial charge on any atom is 0.434 e. The van der Waals surface area contributed by atoms with Crippen molar-refractivity contribution in [1.82, 2.24) is 4.98 Å². The van der Waals surface area contributed by atoms with Crippen molar-refractivity contribution in [2.45, 2.75) is 13.1 Å². The molecular weight excluding hydrogens is 270 g/mol. The van der Waals surface area contributed by atoms with Gasteiger partial charge in [-0.1, -0.05) is 17.4 Å². The monoisotopic (exact) mass is 277 g/mol. The highest BCUT2D eigenvalue weighted by Gasteiger charge is 2.34. The third kappa shape index (κ3) is 2.79. The molecule has 0 atom stereocenters. The van der Waals surface area contributed by atoms with Crippen molar-refractivity contribution < 1.29 is 22.3 Å². The molecule has 2 nitrogen and oxygen atoms in total. The molecule has 0 spiro atoms. The first-order valence-electron chi connectivity index (χ1n) is 4.83. The van der Waals surface area contributed by atoms with Crippen LogP contribution in [0.3, 0.4) is 0 Å². The predicted molar refractivity (Wildman–Crippen MR) is 58.3 cm³/mol. The summed E-state index contributed by atoms with van der Waals surface area (Å²) >= 11 is 0.706. The molecule has 0 fully saturated rings. The maximum absolute atomic E-state index is 13.2. The predicted octanol–water partition coefficient (Wildman–Crippen LogP) is 4.40. The highest BCUT2D eigenvalue weighted by Crippen LogP contribution is 2.34. The van der Waals surface area contributed by atoms with Gasteiger partial charge in [-0.3, -0.25) is 0 Å². The number of aryl methyl sites for hydroxylation is 1. The lowest BCUT2D eigenvalue weighted by molar-refractivity contribution is -0.140. The molecule has 0 unspecified atom stereocenters. The van der Waals surface area contributed by atoms with E-state index < -0.39 is 17.7 Å². The van der Waals surface area contributed by atoms with E-state index in [0.717, 1.165) is 11.4 Å². The van der Waals surface area contributed by atoms with Gasteiger partial charge in [0, 0.05) is 11.4 Å². The molecule has 1 aromatic carbocycles. The van der Waals surface area contributed by atoms with Gasteiger partial charge >= 0.3 is 6.18 Å². The third-order valence-corrected chi connectivity index (χ3v) is 2.84. The largest absolute Gasteiger partial charge is 0.434 e. The Bertz CT molecular complexity index is 564. The van der Waals surface area contributed by atoms with Crippen LogP contribution < -0.4 is 4.74 Å². The standard InChI is InChI=1S/C11H7F4NOS/c1-6-2-3-7(4-8(6)12)17-10-16-9(5-18-10)11(13,14)15/h2-5H,1H3.